The van der Waals surface area contributed by atoms with E-state index < -0.39 is 0 Å². The number of benzene rings is 2. The second-order valence-corrected chi connectivity index (χ2v) is 8.03. The fourth-order valence-corrected chi connectivity index (χ4v) is 4.02. The number of aryl methyl sites for hydroxylation is 1. The standard InChI is InChI=1S/C20H14Cl2N2O2S/c1-11-18(8-12-2-4-14(21)5-3-12)27-20(23-11)24-19(25)17-10-13-9-15(22)6-7-16(13)26-17/h2-7,9-10H,8H2,1H3,(H,23,24,25). The molecule has 0 saturated heterocycles. The summed E-state index contributed by atoms with van der Waals surface area (Å²) in [6, 6.07) is 14.6. The number of amides is 1. The maximum Gasteiger partial charge on any atom is 0.293 e. The van der Waals surface area contributed by atoms with E-state index in [2.05, 4.69) is 10.3 Å². The molecule has 2 aromatic heterocycles. The third kappa shape index (κ3) is 4.00. The molecule has 0 radical (unpaired) electrons. The predicted octanol–water partition coefficient (Wildman–Crippen LogP) is 6.35. The average molecular weight is 417 g/mol. The van der Waals surface area contributed by atoms with Gasteiger partial charge >= 0.3 is 0 Å². The third-order valence-corrected chi connectivity index (χ3v) is 5.65. The summed E-state index contributed by atoms with van der Waals surface area (Å²) in [5.41, 5.74) is 2.64. The Kier molecular flexibility index (Phi) is 4.91. The number of fused-ring (bicyclic) bond motifs is 1. The molecule has 0 atom stereocenters. The molecule has 2 aromatic carbocycles. The lowest BCUT2D eigenvalue weighted by molar-refractivity contribution is 0.0998. The molecule has 0 saturated carbocycles. The van der Waals surface area contributed by atoms with Crippen LogP contribution in [0.4, 0.5) is 5.13 Å². The van der Waals surface area contributed by atoms with Crippen molar-refractivity contribution in [2.45, 2.75) is 13.3 Å². The summed E-state index contributed by atoms with van der Waals surface area (Å²) >= 11 is 13.4. The molecule has 4 aromatic rings. The van der Waals surface area contributed by atoms with Gasteiger partial charge in [-0.25, -0.2) is 4.98 Å². The molecule has 0 unspecified atom stereocenters. The Morgan fingerprint density at radius 1 is 1.11 bits per heavy atom. The van der Waals surface area contributed by atoms with Gasteiger partial charge in [-0.05, 0) is 48.9 Å². The fraction of sp³-hybridized carbons (Fsp3) is 0.100. The lowest BCUT2D eigenvalue weighted by Gasteiger charge is -1.99. The third-order valence-electron chi connectivity index (χ3n) is 4.09. The number of carbonyl (C=O) groups is 1. The predicted molar refractivity (Wildman–Crippen MR) is 110 cm³/mol. The molecule has 136 valence electrons. The van der Waals surface area contributed by atoms with Crippen molar-refractivity contribution in [1.82, 2.24) is 4.98 Å². The smallest absolute Gasteiger partial charge is 0.293 e. The lowest BCUT2D eigenvalue weighted by atomic mass is 10.1. The number of anilines is 1. The molecule has 1 amide bonds. The highest BCUT2D eigenvalue weighted by Gasteiger charge is 2.16. The summed E-state index contributed by atoms with van der Waals surface area (Å²) in [6.45, 7) is 1.93. The van der Waals surface area contributed by atoms with Crippen molar-refractivity contribution in [2.24, 2.45) is 0 Å². The van der Waals surface area contributed by atoms with Crippen LogP contribution < -0.4 is 5.32 Å². The van der Waals surface area contributed by atoms with E-state index in [1.807, 2.05) is 31.2 Å². The van der Waals surface area contributed by atoms with Gasteiger partial charge in [0, 0.05) is 26.7 Å². The van der Waals surface area contributed by atoms with Crippen LogP contribution >= 0.6 is 34.5 Å². The molecule has 0 aliphatic heterocycles. The van der Waals surface area contributed by atoms with Gasteiger partial charge in [-0.3, -0.25) is 10.1 Å². The van der Waals surface area contributed by atoms with Crippen LogP contribution in [0, 0.1) is 6.92 Å². The number of rotatable bonds is 4. The minimum absolute atomic E-state index is 0.222. The van der Waals surface area contributed by atoms with Crippen LogP contribution in [-0.2, 0) is 6.42 Å². The maximum atomic E-state index is 12.5. The number of carbonyl (C=O) groups excluding carboxylic acids is 1. The summed E-state index contributed by atoms with van der Waals surface area (Å²) in [5.74, 6) is -0.117. The highest BCUT2D eigenvalue weighted by atomic mass is 35.5. The van der Waals surface area contributed by atoms with E-state index in [-0.39, 0.29) is 11.7 Å². The van der Waals surface area contributed by atoms with Crippen LogP contribution in [0.15, 0.2) is 52.9 Å². The summed E-state index contributed by atoms with van der Waals surface area (Å²) in [4.78, 5) is 18.0. The molecule has 0 aliphatic carbocycles. The average Bonchev–Trinajstić information content (AvgIpc) is 3.20. The van der Waals surface area contributed by atoms with Gasteiger partial charge < -0.3 is 4.42 Å². The van der Waals surface area contributed by atoms with E-state index in [1.54, 1.807) is 24.3 Å². The van der Waals surface area contributed by atoms with Crippen LogP contribution in [0.25, 0.3) is 11.0 Å². The Balaban J connectivity index is 1.51. The van der Waals surface area contributed by atoms with Gasteiger partial charge in [-0.15, -0.1) is 11.3 Å². The molecular weight excluding hydrogens is 403 g/mol. The van der Waals surface area contributed by atoms with E-state index in [0.29, 0.717) is 20.8 Å². The zero-order valence-corrected chi connectivity index (χ0v) is 16.6. The molecular formula is C20H14Cl2N2O2S. The van der Waals surface area contributed by atoms with Crippen molar-refractivity contribution in [3.63, 3.8) is 0 Å². The van der Waals surface area contributed by atoms with E-state index in [4.69, 9.17) is 27.6 Å². The molecule has 27 heavy (non-hydrogen) atoms. The van der Waals surface area contributed by atoms with Gasteiger partial charge in [0.05, 0.1) is 5.69 Å². The number of furan rings is 1. The van der Waals surface area contributed by atoms with Crippen molar-refractivity contribution in [2.75, 3.05) is 5.32 Å². The summed E-state index contributed by atoms with van der Waals surface area (Å²) in [5, 5.41) is 5.44. The van der Waals surface area contributed by atoms with Gasteiger partial charge in [0.25, 0.3) is 5.91 Å². The second kappa shape index (κ2) is 7.35. The molecule has 1 N–H and O–H groups in total. The summed E-state index contributed by atoms with van der Waals surface area (Å²) < 4.78 is 5.59. The van der Waals surface area contributed by atoms with Crippen LogP contribution in [0.1, 0.15) is 26.7 Å². The largest absolute Gasteiger partial charge is 0.451 e. The molecule has 0 fully saturated rings. The Labute approximate surface area is 169 Å². The van der Waals surface area contributed by atoms with Crippen LogP contribution in [0.2, 0.25) is 10.0 Å². The van der Waals surface area contributed by atoms with Crippen LogP contribution in [0.5, 0.6) is 0 Å². The monoisotopic (exact) mass is 416 g/mol. The maximum absolute atomic E-state index is 12.5. The van der Waals surface area contributed by atoms with Gasteiger partial charge in [0.2, 0.25) is 0 Å². The Hall–Kier alpha value is -2.34. The first-order valence-corrected chi connectivity index (χ1v) is 9.76. The minimum atomic E-state index is -0.339. The second-order valence-electron chi connectivity index (χ2n) is 6.08. The Morgan fingerprint density at radius 2 is 1.85 bits per heavy atom. The highest BCUT2D eigenvalue weighted by Crippen LogP contribution is 2.27. The molecule has 2 heterocycles. The summed E-state index contributed by atoms with van der Waals surface area (Å²) in [6.07, 6.45) is 0.736. The van der Waals surface area contributed by atoms with Gasteiger partial charge in [-0.2, -0.15) is 0 Å². The zero-order chi connectivity index (χ0) is 19.0. The quantitative estimate of drug-likeness (QED) is 0.421. The highest BCUT2D eigenvalue weighted by molar-refractivity contribution is 7.15. The molecule has 4 nitrogen and oxygen atoms in total. The zero-order valence-electron chi connectivity index (χ0n) is 14.3. The number of halogens is 2. The number of hydrogen-bond donors (Lipinski definition) is 1. The number of nitrogens with one attached hydrogen (secondary N) is 1. The van der Waals surface area contributed by atoms with E-state index in [1.165, 1.54) is 11.3 Å². The Morgan fingerprint density at radius 3 is 2.63 bits per heavy atom. The first-order chi connectivity index (χ1) is 13.0. The van der Waals surface area contributed by atoms with Gasteiger partial charge in [0.1, 0.15) is 5.58 Å². The SMILES string of the molecule is Cc1nc(NC(=O)c2cc3cc(Cl)ccc3o2)sc1Cc1ccc(Cl)cc1. The topological polar surface area (TPSA) is 55.1 Å². The number of aromatic nitrogens is 1. The first kappa shape index (κ1) is 18.0. The fourth-order valence-electron chi connectivity index (χ4n) is 2.72. The molecule has 4 rings (SSSR count). The van der Waals surface area contributed by atoms with Crippen molar-refractivity contribution >= 4 is 56.5 Å². The molecule has 0 spiro atoms. The van der Waals surface area contributed by atoms with Crippen molar-refractivity contribution in [3.05, 3.63) is 80.5 Å². The van der Waals surface area contributed by atoms with E-state index in [9.17, 15) is 4.79 Å². The Bertz CT molecular complexity index is 1130. The van der Waals surface area contributed by atoms with Gasteiger partial charge in [-0.1, -0.05) is 35.3 Å². The van der Waals surface area contributed by atoms with Crippen molar-refractivity contribution < 1.29 is 9.21 Å². The lowest BCUT2D eigenvalue weighted by Crippen LogP contribution is -2.10. The number of thiazole rings is 1. The van der Waals surface area contributed by atoms with Crippen LogP contribution in [-0.4, -0.2) is 10.9 Å². The molecule has 0 bridgehead atoms. The normalized spacial score (nSPS) is 11.1. The van der Waals surface area contributed by atoms with E-state index >= 15 is 0 Å². The number of nitrogens with zero attached hydrogens (tertiary/aromatic N) is 1. The van der Waals surface area contributed by atoms with Gasteiger partial charge in [0.15, 0.2) is 10.9 Å². The van der Waals surface area contributed by atoms with E-state index in [0.717, 1.165) is 27.9 Å². The number of hydrogen-bond acceptors (Lipinski definition) is 4. The molecule has 0 aliphatic rings. The molecule has 7 heteroatoms. The first-order valence-electron chi connectivity index (χ1n) is 8.19. The van der Waals surface area contributed by atoms with Crippen molar-refractivity contribution in [1.29, 1.82) is 0 Å². The summed E-state index contributed by atoms with van der Waals surface area (Å²) in [7, 11) is 0. The van der Waals surface area contributed by atoms with Crippen molar-refractivity contribution in [3.8, 4) is 0 Å². The van der Waals surface area contributed by atoms with Crippen LogP contribution in [0.3, 0.4) is 0 Å². The minimum Gasteiger partial charge on any atom is -0.451 e.